The van der Waals surface area contributed by atoms with Crippen LogP contribution in [-0.4, -0.2) is 11.4 Å². The fourth-order valence-corrected chi connectivity index (χ4v) is 2.76. The quantitative estimate of drug-likeness (QED) is 0.798. The number of halogens is 1. The average Bonchev–Trinajstić information content (AvgIpc) is 2.52. The van der Waals surface area contributed by atoms with Gasteiger partial charge in [-0.15, -0.1) is 0 Å². The highest BCUT2D eigenvalue weighted by molar-refractivity contribution is 9.10. The van der Waals surface area contributed by atoms with Crippen LogP contribution in [0.15, 0.2) is 22.7 Å². The Kier molecular flexibility index (Phi) is 3.20. The fraction of sp³-hybridized carbons (Fsp3) is 0.429. The highest BCUT2D eigenvalue weighted by Gasteiger charge is 2.47. The van der Waals surface area contributed by atoms with Gasteiger partial charge >= 0.3 is 0 Å². The third-order valence-corrected chi connectivity index (χ3v) is 4.48. The van der Waals surface area contributed by atoms with E-state index in [4.69, 9.17) is 5.26 Å². The fourth-order valence-electron chi connectivity index (χ4n) is 2.39. The number of nitrogens with zero attached hydrogens (tertiary/aromatic N) is 2. The Morgan fingerprint density at radius 2 is 2.17 bits per heavy atom. The van der Waals surface area contributed by atoms with Crippen molar-refractivity contribution in [2.45, 2.75) is 32.7 Å². The molecule has 1 saturated heterocycles. The van der Waals surface area contributed by atoms with E-state index in [-0.39, 0.29) is 11.8 Å². The number of benzene rings is 1. The molecule has 0 saturated carbocycles. The molecule has 2 rings (SSSR count). The Bertz CT molecular complexity index is 545. The summed E-state index contributed by atoms with van der Waals surface area (Å²) in [6.07, 6.45) is 0.301. The van der Waals surface area contributed by atoms with Gasteiger partial charge in [-0.3, -0.25) is 4.79 Å². The molecule has 4 heteroatoms. The molecule has 94 valence electrons. The smallest absolute Gasteiger partial charge is 0.228 e. The van der Waals surface area contributed by atoms with Crippen molar-refractivity contribution >= 4 is 27.5 Å². The monoisotopic (exact) mass is 306 g/mol. The maximum atomic E-state index is 12.1. The summed E-state index contributed by atoms with van der Waals surface area (Å²) >= 11 is 3.48. The molecule has 0 N–H and O–H groups in total. The van der Waals surface area contributed by atoms with E-state index < -0.39 is 5.54 Å². The minimum Gasteiger partial charge on any atom is -0.305 e. The van der Waals surface area contributed by atoms with Gasteiger partial charge in [0.25, 0.3) is 0 Å². The molecule has 0 aliphatic carbocycles. The second-order valence-electron chi connectivity index (χ2n) is 5.20. The Hall–Kier alpha value is -1.34. The predicted octanol–water partition coefficient (Wildman–Crippen LogP) is 3.41. The van der Waals surface area contributed by atoms with Crippen LogP contribution in [0.25, 0.3) is 0 Å². The van der Waals surface area contributed by atoms with Crippen molar-refractivity contribution in [3.63, 3.8) is 0 Å². The molecule has 0 radical (unpaired) electrons. The van der Waals surface area contributed by atoms with Crippen LogP contribution in [0.2, 0.25) is 0 Å². The molecule has 1 aliphatic heterocycles. The summed E-state index contributed by atoms with van der Waals surface area (Å²) in [4.78, 5) is 13.9. The molecule has 1 atom stereocenters. The normalized spacial score (nSPS) is 22.1. The van der Waals surface area contributed by atoms with E-state index in [0.29, 0.717) is 6.42 Å². The molecule has 1 heterocycles. The van der Waals surface area contributed by atoms with E-state index >= 15 is 0 Å². The van der Waals surface area contributed by atoms with Gasteiger partial charge in [0.1, 0.15) is 0 Å². The van der Waals surface area contributed by atoms with Crippen molar-refractivity contribution in [3.8, 4) is 6.07 Å². The second-order valence-corrected chi connectivity index (χ2v) is 6.06. The third kappa shape index (κ3) is 1.93. The van der Waals surface area contributed by atoms with E-state index in [1.165, 1.54) is 0 Å². The molecular weight excluding hydrogens is 292 g/mol. The summed E-state index contributed by atoms with van der Waals surface area (Å²) < 4.78 is 0.976. The lowest BCUT2D eigenvalue weighted by Gasteiger charge is -2.33. The van der Waals surface area contributed by atoms with Gasteiger partial charge in [0.15, 0.2) is 0 Å². The number of nitriles is 1. The molecule has 18 heavy (non-hydrogen) atoms. The number of anilines is 1. The summed E-state index contributed by atoms with van der Waals surface area (Å²) in [5, 5.41) is 9.14. The number of amides is 1. The second kappa shape index (κ2) is 4.40. The van der Waals surface area contributed by atoms with Crippen molar-refractivity contribution in [1.29, 1.82) is 5.26 Å². The zero-order chi connectivity index (χ0) is 13.5. The predicted molar refractivity (Wildman–Crippen MR) is 74.2 cm³/mol. The summed E-state index contributed by atoms with van der Waals surface area (Å²) in [5.74, 6) is -0.243. The standard InChI is InChI=1S/C14H15BrN2O/c1-9-4-5-11(7-12(9)15)17-13(18)6-10(8-16)14(17,2)3/h4-5,7,10H,6H2,1-3H3. The number of carbonyl (C=O) groups is 1. The summed E-state index contributed by atoms with van der Waals surface area (Å²) in [6, 6.07) is 8.08. The van der Waals surface area contributed by atoms with Crippen LogP contribution >= 0.6 is 15.9 Å². The number of aryl methyl sites for hydroxylation is 1. The molecule has 3 nitrogen and oxygen atoms in total. The maximum absolute atomic E-state index is 12.1. The number of hydrogen-bond acceptors (Lipinski definition) is 2. The van der Waals surface area contributed by atoms with Crippen LogP contribution < -0.4 is 4.90 Å². The highest BCUT2D eigenvalue weighted by atomic mass is 79.9. The lowest BCUT2D eigenvalue weighted by Crippen LogP contribution is -2.44. The van der Waals surface area contributed by atoms with Gasteiger partial charge in [0.2, 0.25) is 5.91 Å². The minimum atomic E-state index is -0.458. The van der Waals surface area contributed by atoms with Crippen LogP contribution in [0, 0.1) is 24.2 Å². The van der Waals surface area contributed by atoms with Gasteiger partial charge in [-0.2, -0.15) is 5.26 Å². The molecule has 0 spiro atoms. The van der Waals surface area contributed by atoms with Crippen LogP contribution in [0.5, 0.6) is 0 Å². The largest absolute Gasteiger partial charge is 0.305 e. The van der Waals surface area contributed by atoms with Gasteiger partial charge in [0.05, 0.1) is 17.5 Å². The minimum absolute atomic E-state index is 0.0160. The van der Waals surface area contributed by atoms with Crippen LogP contribution in [0.1, 0.15) is 25.8 Å². The van der Waals surface area contributed by atoms with E-state index in [1.54, 1.807) is 4.90 Å². The molecule has 1 unspecified atom stereocenters. The van der Waals surface area contributed by atoms with Crippen LogP contribution in [0.3, 0.4) is 0 Å². The Morgan fingerprint density at radius 3 is 2.67 bits per heavy atom. The van der Waals surface area contributed by atoms with Gasteiger partial charge < -0.3 is 4.90 Å². The Balaban J connectivity index is 2.47. The molecule has 1 aliphatic rings. The van der Waals surface area contributed by atoms with E-state index in [9.17, 15) is 4.79 Å². The van der Waals surface area contributed by atoms with E-state index in [0.717, 1.165) is 15.7 Å². The first kappa shape index (κ1) is 13.1. The molecule has 1 amide bonds. The van der Waals surface area contributed by atoms with E-state index in [2.05, 4.69) is 22.0 Å². The number of carbonyl (C=O) groups excluding carboxylic acids is 1. The molecule has 1 aromatic rings. The van der Waals surface area contributed by atoms with Crippen LogP contribution in [-0.2, 0) is 4.79 Å². The van der Waals surface area contributed by atoms with Gasteiger partial charge in [-0.25, -0.2) is 0 Å². The first-order valence-electron chi connectivity index (χ1n) is 5.86. The molecule has 0 bridgehead atoms. The Morgan fingerprint density at radius 1 is 1.50 bits per heavy atom. The molecule has 1 aromatic carbocycles. The van der Waals surface area contributed by atoms with E-state index in [1.807, 2.05) is 39.0 Å². The topological polar surface area (TPSA) is 44.1 Å². The van der Waals surface area contributed by atoms with Gasteiger partial charge in [0, 0.05) is 16.6 Å². The zero-order valence-corrected chi connectivity index (χ0v) is 12.3. The van der Waals surface area contributed by atoms with Crippen molar-refractivity contribution in [1.82, 2.24) is 0 Å². The maximum Gasteiger partial charge on any atom is 0.228 e. The zero-order valence-electron chi connectivity index (χ0n) is 10.7. The first-order valence-corrected chi connectivity index (χ1v) is 6.66. The third-order valence-electron chi connectivity index (χ3n) is 3.63. The SMILES string of the molecule is Cc1ccc(N2C(=O)CC(C#N)C2(C)C)cc1Br. The lowest BCUT2D eigenvalue weighted by atomic mass is 9.89. The van der Waals surface area contributed by atoms with Crippen molar-refractivity contribution in [2.75, 3.05) is 4.90 Å². The molecule has 1 fully saturated rings. The van der Waals surface area contributed by atoms with Crippen molar-refractivity contribution < 1.29 is 4.79 Å². The summed E-state index contributed by atoms with van der Waals surface area (Å²) in [6.45, 7) is 5.89. The van der Waals surface area contributed by atoms with Gasteiger partial charge in [-0.05, 0) is 38.5 Å². The van der Waals surface area contributed by atoms with Crippen LogP contribution in [0.4, 0.5) is 5.69 Å². The number of rotatable bonds is 1. The average molecular weight is 307 g/mol. The van der Waals surface area contributed by atoms with Crippen molar-refractivity contribution in [2.24, 2.45) is 5.92 Å². The molecule has 0 aromatic heterocycles. The Labute approximate surface area is 116 Å². The number of hydrogen-bond donors (Lipinski definition) is 0. The highest BCUT2D eigenvalue weighted by Crippen LogP contribution is 2.39. The summed E-state index contributed by atoms with van der Waals surface area (Å²) in [7, 11) is 0. The van der Waals surface area contributed by atoms with Crippen molar-refractivity contribution in [3.05, 3.63) is 28.2 Å². The first-order chi connectivity index (χ1) is 8.37. The summed E-state index contributed by atoms with van der Waals surface area (Å²) in [5.41, 5.74) is 1.51. The molecular formula is C14H15BrN2O. The van der Waals surface area contributed by atoms with Gasteiger partial charge in [-0.1, -0.05) is 22.0 Å². The lowest BCUT2D eigenvalue weighted by molar-refractivity contribution is -0.117.